The smallest absolute Gasteiger partial charge is 0.254 e. The number of nitrogens with zero attached hydrogens (tertiary/aromatic N) is 3. The van der Waals surface area contributed by atoms with Crippen molar-refractivity contribution in [1.29, 1.82) is 0 Å². The van der Waals surface area contributed by atoms with Crippen molar-refractivity contribution in [2.75, 3.05) is 26.3 Å². The normalized spacial score (nSPS) is 17.8. The lowest BCUT2D eigenvalue weighted by Crippen LogP contribution is -2.45. The van der Waals surface area contributed by atoms with E-state index in [0.717, 1.165) is 44.1 Å². The molecule has 0 radical (unpaired) electrons. The number of benzene rings is 1. The summed E-state index contributed by atoms with van der Waals surface area (Å²) in [5, 5.41) is 0. The first kappa shape index (κ1) is 17.3. The maximum atomic E-state index is 12.9. The highest BCUT2D eigenvalue weighted by Gasteiger charge is 2.45. The monoisotopic (exact) mass is 377 g/mol. The van der Waals surface area contributed by atoms with E-state index in [-0.39, 0.29) is 11.3 Å². The van der Waals surface area contributed by atoms with Crippen molar-refractivity contribution < 1.29 is 14.3 Å². The SMILES string of the molecule is Cc1ccc2nc(COc3cccc(C(=O)N4CCC5(COC5)C4)c3)cn2c1. The van der Waals surface area contributed by atoms with Crippen LogP contribution in [0.1, 0.15) is 28.0 Å². The van der Waals surface area contributed by atoms with Crippen molar-refractivity contribution in [3.05, 3.63) is 65.6 Å². The molecule has 2 aromatic heterocycles. The summed E-state index contributed by atoms with van der Waals surface area (Å²) in [5.41, 5.74) is 3.80. The fourth-order valence-corrected chi connectivity index (χ4v) is 4.02. The van der Waals surface area contributed by atoms with Gasteiger partial charge in [-0.3, -0.25) is 4.79 Å². The molecule has 6 nitrogen and oxygen atoms in total. The number of imidazole rings is 1. The highest BCUT2D eigenvalue weighted by molar-refractivity contribution is 5.94. The second-order valence-corrected chi connectivity index (χ2v) is 7.99. The van der Waals surface area contributed by atoms with Gasteiger partial charge in [0.2, 0.25) is 0 Å². The lowest BCUT2D eigenvalue weighted by atomic mass is 9.85. The van der Waals surface area contributed by atoms with Crippen LogP contribution in [0.4, 0.5) is 0 Å². The van der Waals surface area contributed by atoms with Gasteiger partial charge in [0, 0.05) is 36.5 Å². The summed E-state index contributed by atoms with van der Waals surface area (Å²) in [5.74, 6) is 0.748. The van der Waals surface area contributed by atoms with Crippen LogP contribution in [0.25, 0.3) is 5.65 Å². The van der Waals surface area contributed by atoms with E-state index in [0.29, 0.717) is 17.9 Å². The molecule has 2 fully saturated rings. The average molecular weight is 377 g/mol. The van der Waals surface area contributed by atoms with Gasteiger partial charge in [0.05, 0.1) is 18.9 Å². The number of hydrogen-bond donors (Lipinski definition) is 0. The number of likely N-dealkylation sites (tertiary alicyclic amines) is 1. The van der Waals surface area contributed by atoms with Gasteiger partial charge < -0.3 is 18.8 Å². The predicted molar refractivity (Wildman–Crippen MR) is 104 cm³/mol. The summed E-state index contributed by atoms with van der Waals surface area (Å²) in [6.07, 6.45) is 5.05. The van der Waals surface area contributed by atoms with Crippen LogP contribution in [0.15, 0.2) is 48.8 Å². The zero-order valence-corrected chi connectivity index (χ0v) is 15.9. The second kappa shape index (κ2) is 6.63. The third-order valence-corrected chi connectivity index (χ3v) is 5.66. The Morgan fingerprint density at radius 3 is 2.93 bits per heavy atom. The maximum Gasteiger partial charge on any atom is 0.254 e. The molecule has 28 heavy (non-hydrogen) atoms. The van der Waals surface area contributed by atoms with Gasteiger partial charge in [-0.1, -0.05) is 12.1 Å². The molecule has 0 atom stereocenters. The van der Waals surface area contributed by atoms with Crippen molar-refractivity contribution in [3.63, 3.8) is 0 Å². The molecule has 0 saturated carbocycles. The zero-order chi connectivity index (χ0) is 19.1. The molecule has 1 aromatic carbocycles. The Bertz CT molecular complexity index is 1040. The van der Waals surface area contributed by atoms with Gasteiger partial charge in [0.1, 0.15) is 18.0 Å². The van der Waals surface area contributed by atoms with Crippen LogP contribution in [0.2, 0.25) is 0 Å². The fraction of sp³-hybridized carbons (Fsp3) is 0.364. The highest BCUT2D eigenvalue weighted by Crippen LogP contribution is 2.38. The largest absolute Gasteiger partial charge is 0.487 e. The van der Waals surface area contributed by atoms with E-state index < -0.39 is 0 Å². The molecular formula is C22H23N3O3. The van der Waals surface area contributed by atoms with Crippen LogP contribution in [-0.4, -0.2) is 46.5 Å². The standard InChI is InChI=1S/C22H23N3O3/c1-16-5-6-20-23-18(11-25(20)10-16)12-28-19-4-2-3-17(9-19)21(26)24-8-7-22(13-24)14-27-15-22/h2-6,9-11H,7-8,12-15H2,1H3. The first-order valence-electron chi connectivity index (χ1n) is 9.64. The Hall–Kier alpha value is -2.86. The van der Waals surface area contributed by atoms with Gasteiger partial charge in [-0.15, -0.1) is 0 Å². The molecule has 1 spiro atoms. The van der Waals surface area contributed by atoms with E-state index in [4.69, 9.17) is 9.47 Å². The fourth-order valence-electron chi connectivity index (χ4n) is 4.02. The molecule has 144 valence electrons. The van der Waals surface area contributed by atoms with Crippen molar-refractivity contribution in [1.82, 2.24) is 14.3 Å². The van der Waals surface area contributed by atoms with Crippen LogP contribution in [0.5, 0.6) is 5.75 Å². The summed E-state index contributed by atoms with van der Waals surface area (Å²) < 4.78 is 13.3. The average Bonchev–Trinajstić information content (AvgIpc) is 3.30. The zero-order valence-electron chi connectivity index (χ0n) is 15.9. The molecule has 4 heterocycles. The first-order valence-corrected chi connectivity index (χ1v) is 9.64. The van der Waals surface area contributed by atoms with Gasteiger partial charge in [-0.25, -0.2) is 4.98 Å². The number of aromatic nitrogens is 2. The summed E-state index contributed by atoms with van der Waals surface area (Å²) in [6, 6.07) is 11.5. The van der Waals surface area contributed by atoms with Crippen LogP contribution in [0, 0.1) is 12.3 Å². The lowest BCUT2D eigenvalue weighted by molar-refractivity contribution is -0.103. The van der Waals surface area contributed by atoms with E-state index in [2.05, 4.69) is 11.9 Å². The van der Waals surface area contributed by atoms with Gasteiger partial charge >= 0.3 is 0 Å². The van der Waals surface area contributed by atoms with Gasteiger partial charge in [-0.2, -0.15) is 0 Å². The lowest BCUT2D eigenvalue weighted by Gasteiger charge is -2.37. The number of hydrogen-bond acceptors (Lipinski definition) is 4. The van der Waals surface area contributed by atoms with E-state index in [1.165, 1.54) is 5.56 Å². The quantitative estimate of drug-likeness (QED) is 0.701. The molecule has 6 heteroatoms. The Kier molecular flexibility index (Phi) is 4.09. The Balaban J connectivity index is 1.26. The molecule has 0 aliphatic carbocycles. The number of fused-ring (bicyclic) bond motifs is 1. The molecule has 5 rings (SSSR count). The van der Waals surface area contributed by atoms with E-state index in [9.17, 15) is 4.79 Å². The number of pyridine rings is 1. The molecule has 2 saturated heterocycles. The summed E-state index contributed by atoms with van der Waals surface area (Å²) in [7, 11) is 0. The number of ether oxygens (including phenoxy) is 2. The third kappa shape index (κ3) is 3.14. The molecule has 0 bridgehead atoms. The van der Waals surface area contributed by atoms with Crippen LogP contribution >= 0.6 is 0 Å². The number of carbonyl (C=O) groups excluding carboxylic acids is 1. The molecule has 2 aliphatic rings. The Labute approximate surface area is 163 Å². The van der Waals surface area contributed by atoms with Crippen molar-refractivity contribution in [3.8, 4) is 5.75 Å². The number of carbonyl (C=O) groups is 1. The molecular weight excluding hydrogens is 354 g/mol. The second-order valence-electron chi connectivity index (χ2n) is 7.99. The molecule has 0 unspecified atom stereocenters. The molecule has 2 aliphatic heterocycles. The van der Waals surface area contributed by atoms with Gasteiger partial charge in [0.25, 0.3) is 5.91 Å². The van der Waals surface area contributed by atoms with Crippen molar-refractivity contribution in [2.45, 2.75) is 20.0 Å². The van der Waals surface area contributed by atoms with E-state index >= 15 is 0 Å². The van der Waals surface area contributed by atoms with Gasteiger partial charge in [0.15, 0.2) is 0 Å². The minimum absolute atomic E-state index is 0.0671. The van der Waals surface area contributed by atoms with Crippen LogP contribution < -0.4 is 4.74 Å². The third-order valence-electron chi connectivity index (χ3n) is 5.66. The summed E-state index contributed by atoms with van der Waals surface area (Å²) >= 11 is 0. The minimum Gasteiger partial charge on any atom is -0.487 e. The molecule has 0 N–H and O–H groups in total. The summed E-state index contributed by atoms with van der Waals surface area (Å²) in [4.78, 5) is 19.4. The minimum atomic E-state index is 0.0671. The van der Waals surface area contributed by atoms with E-state index in [1.807, 2.05) is 58.1 Å². The van der Waals surface area contributed by atoms with Crippen molar-refractivity contribution >= 4 is 11.6 Å². The first-order chi connectivity index (χ1) is 13.6. The van der Waals surface area contributed by atoms with Crippen molar-refractivity contribution in [2.24, 2.45) is 5.41 Å². The number of amides is 1. The predicted octanol–water partition coefficient (Wildman–Crippen LogP) is 3.08. The topological polar surface area (TPSA) is 56.1 Å². The Morgan fingerprint density at radius 1 is 1.25 bits per heavy atom. The van der Waals surface area contributed by atoms with Gasteiger partial charge in [-0.05, 0) is 43.2 Å². The molecule has 3 aromatic rings. The number of aryl methyl sites for hydroxylation is 1. The maximum absolute atomic E-state index is 12.9. The Morgan fingerprint density at radius 2 is 2.14 bits per heavy atom. The number of rotatable bonds is 4. The van der Waals surface area contributed by atoms with Crippen LogP contribution in [0.3, 0.4) is 0 Å². The molecule has 1 amide bonds. The highest BCUT2D eigenvalue weighted by atomic mass is 16.5. The van der Waals surface area contributed by atoms with Crippen LogP contribution in [-0.2, 0) is 11.3 Å². The van der Waals surface area contributed by atoms with E-state index in [1.54, 1.807) is 0 Å². The summed E-state index contributed by atoms with van der Waals surface area (Å²) in [6.45, 7) is 5.56.